The Morgan fingerprint density at radius 3 is 2.37 bits per heavy atom. The van der Waals surface area contributed by atoms with E-state index in [9.17, 15) is 9.18 Å². The molecule has 1 aliphatic rings. The molecule has 0 aliphatic carbocycles. The number of rotatable bonds is 6. The van der Waals surface area contributed by atoms with Crippen molar-refractivity contribution in [3.05, 3.63) is 60.4 Å². The number of piperazine rings is 1. The van der Waals surface area contributed by atoms with Crippen LogP contribution in [0.1, 0.15) is 6.42 Å². The van der Waals surface area contributed by atoms with Gasteiger partial charge >= 0.3 is 0 Å². The summed E-state index contributed by atoms with van der Waals surface area (Å²) in [6.07, 6.45) is 0.293. The number of para-hydroxylation sites is 2. The van der Waals surface area contributed by atoms with Gasteiger partial charge in [-0.25, -0.2) is 4.39 Å². The van der Waals surface area contributed by atoms with E-state index in [4.69, 9.17) is 5.26 Å². The molecular weight excluding hydrogens is 343 g/mol. The van der Waals surface area contributed by atoms with Gasteiger partial charge in [0.05, 0.1) is 24.7 Å². The van der Waals surface area contributed by atoms with Gasteiger partial charge in [0, 0.05) is 38.4 Å². The third-order valence-electron chi connectivity index (χ3n) is 4.74. The Morgan fingerprint density at radius 1 is 1.04 bits per heavy atom. The molecule has 2 aromatic rings. The first-order chi connectivity index (χ1) is 13.2. The molecule has 1 amide bonds. The molecule has 0 N–H and O–H groups in total. The van der Waals surface area contributed by atoms with Crippen LogP contribution in [0.5, 0.6) is 0 Å². The second kappa shape index (κ2) is 9.15. The van der Waals surface area contributed by atoms with E-state index >= 15 is 0 Å². The molecular formula is C21H23FN4O. The van der Waals surface area contributed by atoms with Crippen molar-refractivity contribution in [3.8, 4) is 6.07 Å². The van der Waals surface area contributed by atoms with Crippen LogP contribution in [-0.4, -0.2) is 50.1 Å². The normalized spacial score (nSPS) is 14.6. The second-order valence-electron chi connectivity index (χ2n) is 6.50. The molecule has 0 spiro atoms. The van der Waals surface area contributed by atoms with E-state index in [1.165, 1.54) is 6.07 Å². The maximum Gasteiger partial charge on any atom is 0.241 e. The van der Waals surface area contributed by atoms with Gasteiger partial charge in [-0.05, 0) is 24.3 Å². The van der Waals surface area contributed by atoms with Crippen molar-refractivity contribution in [1.82, 2.24) is 4.90 Å². The lowest BCUT2D eigenvalue weighted by atomic mass is 10.2. The van der Waals surface area contributed by atoms with E-state index in [1.807, 2.05) is 41.3 Å². The smallest absolute Gasteiger partial charge is 0.241 e. The molecule has 0 aromatic heterocycles. The number of amides is 1. The van der Waals surface area contributed by atoms with Crippen LogP contribution in [0.25, 0.3) is 0 Å². The van der Waals surface area contributed by atoms with Crippen LogP contribution in [0, 0.1) is 17.1 Å². The summed E-state index contributed by atoms with van der Waals surface area (Å²) < 4.78 is 14.0. The van der Waals surface area contributed by atoms with Crippen LogP contribution in [0.2, 0.25) is 0 Å². The SMILES string of the molecule is N#CCCN(C(=O)CN1CCN(c2ccccc2F)CC1)c1ccccc1. The van der Waals surface area contributed by atoms with E-state index < -0.39 is 0 Å². The highest BCUT2D eigenvalue weighted by Gasteiger charge is 2.23. The summed E-state index contributed by atoms with van der Waals surface area (Å²) in [6, 6.07) is 18.3. The largest absolute Gasteiger partial charge is 0.367 e. The molecule has 2 aromatic carbocycles. The molecule has 1 aliphatic heterocycles. The van der Waals surface area contributed by atoms with Crippen molar-refractivity contribution in [3.63, 3.8) is 0 Å². The van der Waals surface area contributed by atoms with E-state index in [2.05, 4.69) is 11.0 Å². The molecule has 0 unspecified atom stereocenters. The zero-order chi connectivity index (χ0) is 19.1. The summed E-state index contributed by atoms with van der Waals surface area (Å²) in [5.41, 5.74) is 1.42. The predicted molar refractivity (Wildman–Crippen MR) is 104 cm³/mol. The predicted octanol–water partition coefficient (Wildman–Crippen LogP) is 2.89. The molecule has 5 nitrogen and oxygen atoms in total. The Balaban J connectivity index is 1.59. The Morgan fingerprint density at radius 2 is 1.70 bits per heavy atom. The summed E-state index contributed by atoms with van der Waals surface area (Å²) in [6.45, 7) is 3.43. The van der Waals surface area contributed by atoms with Gasteiger partial charge in [0.25, 0.3) is 0 Å². The van der Waals surface area contributed by atoms with Crippen LogP contribution in [-0.2, 0) is 4.79 Å². The summed E-state index contributed by atoms with van der Waals surface area (Å²) >= 11 is 0. The lowest BCUT2D eigenvalue weighted by molar-refractivity contribution is -0.119. The Bertz CT molecular complexity index is 797. The Kier molecular flexibility index (Phi) is 6.39. The lowest BCUT2D eigenvalue weighted by Gasteiger charge is -2.36. The van der Waals surface area contributed by atoms with E-state index in [-0.39, 0.29) is 11.7 Å². The number of halogens is 1. The van der Waals surface area contributed by atoms with Crippen molar-refractivity contribution in [2.24, 2.45) is 0 Å². The van der Waals surface area contributed by atoms with Gasteiger partial charge in [-0.2, -0.15) is 5.26 Å². The Labute approximate surface area is 159 Å². The first-order valence-corrected chi connectivity index (χ1v) is 9.13. The minimum absolute atomic E-state index is 0.0178. The summed E-state index contributed by atoms with van der Waals surface area (Å²) in [7, 11) is 0. The van der Waals surface area contributed by atoms with Gasteiger partial charge in [0.1, 0.15) is 5.82 Å². The number of hydrogen-bond donors (Lipinski definition) is 0. The highest BCUT2D eigenvalue weighted by Crippen LogP contribution is 2.20. The number of anilines is 2. The van der Waals surface area contributed by atoms with E-state index in [1.54, 1.807) is 17.0 Å². The third kappa shape index (κ3) is 4.83. The van der Waals surface area contributed by atoms with Crippen molar-refractivity contribution < 1.29 is 9.18 Å². The molecule has 1 fully saturated rings. The molecule has 0 saturated carbocycles. The van der Waals surface area contributed by atoms with Gasteiger partial charge in [-0.3, -0.25) is 9.69 Å². The zero-order valence-electron chi connectivity index (χ0n) is 15.2. The fourth-order valence-electron chi connectivity index (χ4n) is 3.30. The first-order valence-electron chi connectivity index (χ1n) is 9.13. The first kappa shape index (κ1) is 18.9. The average molecular weight is 366 g/mol. The molecule has 0 radical (unpaired) electrons. The topological polar surface area (TPSA) is 50.6 Å². The number of nitriles is 1. The van der Waals surface area contributed by atoms with Crippen LogP contribution < -0.4 is 9.80 Å². The monoisotopic (exact) mass is 366 g/mol. The minimum atomic E-state index is -0.214. The van der Waals surface area contributed by atoms with Gasteiger partial charge < -0.3 is 9.80 Å². The van der Waals surface area contributed by atoms with Gasteiger partial charge in [0.15, 0.2) is 0 Å². The van der Waals surface area contributed by atoms with Crippen LogP contribution in [0.4, 0.5) is 15.8 Å². The van der Waals surface area contributed by atoms with Crippen molar-refractivity contribution in [2.75, 3.05) is 49.1 Å². The highest BCUT2D eigenvalue weighted by atomic mass is 19.1. The van der Waals surface area contributed by atoms with Crippen molar-refractivity contribution >= 4 is 17.3 Å². The molecule has 6 heteroatoms. The lowest BCUT2D eigenvalue weighted by Crippen LogP contribution is -2.50. The number of nitrogens with zero attached hydrogens (tertiary/aromatic N) is 4. The second-order valence-corrected chi connectivity index (χ2v) is 6.50. The Hall–Kier alpha value is -2.91. The number of carbonyl (C=O) groups excluding carboxylic acids is 1. The molecule has 3 rings (SSSR count). The number of benzene rings is 2. The van der Waals surface area contributed by atoms with Crippen LogP contribution in [0.15, 0.2) is 54.6 Å². The quantitative estimate of drug-likeness (QED) is 0.789. The van der Waals surface area contributed by atoms with E-state index in [0.717, 1.165) is 5.69 Å². The number of hydrogen-bond acceptors (Lipinski definition) is 4. The van der Waals surface area contributed by atoms with Gasteiger partial charge in [-0.1, -0.05) is 30.3 Å². The fourth-order valence-corrected chi connectivity index (χ4v) is 3.30. The van der Waals surface area contributed by atoms with Crippen molar-refractivity contribution in [1.29, 1.82) is 5.26 Å². The standard InChI is InChI=1S/C21H23FN4O/c22-19-9-4-5-10-20(19)25-15-13-24(14-16-25)17-21(27)26(12-6-11-23)18-7-2-1-3-8-18/h1-5,7-10H,6,12-17H2. The van der Waals surface area contributed by atoms with Crippen molar-refractivity contribution in [2.45, 2.75) is 6.42 Å². The third-order valence-corrected chi connectivity index (χ3v) is 4.74. The molecule has 0 atom stereocenters. The number of carbonyl (C=O) groups is 1. The summed E-state index contributed by atoms with van der Waals surface area (Å²) in [5, 5.41) is 8.89. The molecule has 27 heavy (non-hydrogen) atoms. The molecule has 1 heterocycles. The fraction of sp³-hybridized carbons (Fsp3) is 0.333. The summed E-state index contributed by atoms with van der Waals surface area (Å²) in [4.78, 5) is 18.6. The van der Waals surface area contributed by atoms with Crippen LogP contribution in [0.3, 0.4) is 0 Å². The maximum atomic E-state index is 14.0. The van der Waals surface area contributed by atoms with Gasteiger partial charge in [0.2, 0.25) is 5.91 Å². The highest BCUT2D eigenvalue weighted by molar-refractivity contribution is 5.94. The zero-order valence-corrected chi connectivity index (χ0v) is 15.2. The van der Waals surface area contributed by atoms with Gasteiger partial charge in [-0.15, -0.1) is 0 Å². The van der Waals surface area contributed by atoms with E-state index in [0.29, 0.717) is 51.4 Å². The molecule has 1 saturated heterocycles. The average Bonchev–Trinajstić information content (AvgIpc) is 2.70. The molecule has 0 bridgehead atoms. The van der Waals surface area contributed by atoms with Crippen LogP contribution >= 0.6 is 0 Å². The molecule has 140 valence electrons. The summed E-state index contributed by atoms with van der Waals surface area (Å²) in [5.74, 6) is -0.232. The maximum absolute atomic E-state index is 14.0. The minimum Gasteiger partial charge on any atom is -0.367 e.